The Kier molecular flexibility index (Phi) is 5.30. The molecule has 1 rings (SSSR count). The van der Waals surface area contributed by atoms with Crippen molar-refractivity contribution in [1.82, 2.24) is 0 Å². The molecule has 0 atom stereocenters. The Bertz CT molecular complexity index is 443. The van der Waals surface area contributed by atoms with Gasteiger partial charge in [-0.15, -0.1) is 0 Å². The number of hydrogen-bond donors (Lipinski definition) is 0. The molecule has 0 aliphatic carbocycles. The number of nitro groups is 1. The van der Waals surface area contributed by atoms with Crippen LogP contribution in [0.5, 0.6) is 5.75 Å². The number of ether oxygens (including phenoxy) is 1. The van der Waals surface area contributed by atoms with Crippen LogP contribution in [-0.2, 0) is 4.79 Å². The summed E-state index contributed by atoms with van der Waals surface area (Å²) in [6, 6.07) is 4.49. The molecule has 0 aromatic heterocycles. The van der Waals surface area contributed by atoms with Crippen LogP contribution >= 0.6 is 0 Å². The Morgan fingerprint density at radius 2 is 2.17 bits per heavy atom. The molecule has 0 aliphatic rings. The third kappa shape index (κ3) is 4.16. The Morgan fingerprint density at radius 1 is 1.44 bits per heavy atom. The first-order chi connectivity index (χ1) is 8.54. The molecule has 0 bridgehead atoms. The molecule has 0 heterocycles. The summed E-state index contributed by atoms with van der Waals surface area (Å²) in [6.07, 6.45) is 1.74. The lowest BCUT2D eigenvalue weighted by Gasteiger charge is -2.08. The second-order valence-electron chi connectivity index (χ2n) is 4.05. The van der Waals surface area contributed by atoms with E-state index < -0.39 is 4.92 Å². The van der Waals surface area contributed by atoms with Crippen molar-refractivity contribution in [1.29, 1.82) is 0 Å². The van der Waals surface area contributed by atoms with Gasteiger partial charge in [-0.1, -0.05) is 6.92 Å². The molecule has 98 valence electrons. The molecule has 0 spiro atoms. The molecule has 0 amide bonds. The van der Waals surface area contributed by atoms with Crippen LogP contribution in [-0.4, -0.2) is 17.3 Å². The number of carbonyl (C=O) groups is 1. The first-order valence-electron chi connectivity index (χ1n) is 5.94. The number of nitro benzene ring substituents is 1. The fourth-order valence-electron chi connectivity index (χ4n) is 1.54. The van der Waals surface area contributed by atoms with Gasteiger partial charge in [0.05, 0.1) is 11.5 Å². The van der Waals surface area contributed by atoms with E-state index in [2.05, 4.69) is 0 Å². The van der Waals surface area contributed by atoms with Gasteiger partial charge in [-0.2, -0.15) is 0 Å². The second kappa shape index (κ2) is 6.74. The molecule has 5 heteroatoms. The van der Waals surface area contributed by atoms with E-state index in [-0.39, 0.29) is 11.5 Å². The summed E-state index contributed by atoms with van der Waals surface area (Å²) in [5.74, 6) is 0.851. The van der Waals surface area contributed by atoms with Crippen LogP contribution in [0.25, 0.3) is 0 Å². The average Bonchev–Trinajstić information content (AvgIpc) is 2.35. The minimum Gasteiger partial charge on any atom is -0.493 e. The molecule has 1 aromatic carbocycles. The number of non-ortho nitro benzene ring substituents is 1. The van der Waals surface area contributed by atoms with Gasteiger partial charge >= 0.3 is 0 Å². The first-order valence-corrected chi connectivity index (χ1v) is 5.94. The van der Waals surface area contributed by atoms with E-state index in [0.717, 1.165) is 5.56 Å². The van der Waals surface area contributed by atoms with Crippen LogP contribution in [0, 0.1) is 17.0 Å². The maximum Gasteiger partial charge on any atom is 0.269 e. The normalized spacial score (nSPS) is 10.1. The summed E-state index contributed by atoms with van der Waals surface area (Å²) in [4.78, 5) is 21.2. The molecule has 5 nitrogen and oxygen atoms in total. The van der Waals surface area contributed by atoms with Gasteiger partial charge in [0, 0.05) is 25.0 Å². The Morgan fingerprint density at radius 3 is 2.72 bits per heavy atom. The maximum atomic E-state index is 11.1. The predicted molar refractivity (Wildman–Crippen MR) is 67.9 cm³/mol. The number of Topliss-reactive ketones (excluding diaryl/α,β-unsaturated/α-hetero) is 1. The molecule has 1 aromatic rings. The van der Waals surface area contributed by atoms with Crippen molar-refractivity contribution in [3.05, 3.63) is 33.9 Å². The smallest absolute Gasteiger partial charge is 0.269 e. The largest absolute Gasteiger partial charge is 0.493 e. The van der Waals surface area contributed by atoms with Gasteiger partial charge in [0.2, 0.25) is 0 Å². The van der Waals surface area contributed by atoms with Gasteiger partial charge in [-0.3, -0.25) is 14.9 Å². The highest BCUT2D eigenvalue weighted by molar-refractivity contribution is 5.77. The van der Waals surface area contributed by atoms with Crippen LogP contribution in [0.2, 0.25) is 0 Å². The van der Waals surface area contributed by atoms with E-state index in [1.807, 2.05) is 6.92 Å². The van der Waals surface area contributed by atoms with Gasteiger partial charge in [0.15, 0.2) is 0 Å². The maximum absolute atomic E-state index is 11.1. The molecular formula is C13H17NO4. The van der Waals surface area contributed by atoms with Crippen molar-refractivity contribution >= 4 is 11.5 Å². The zero-order chi connectivity index (χ0) is 13.5. The van der Waals surface area contributed by atoms with Gasteiger partial charge in [0.25, 0.3) is 5.69 Å². The van der Waals surface area contributed by atoms with Crippen molar-refractivity contribution in [3.63, 3.8) is 0 Å². The SMILES string of the molecule is CCC(=O)CCCOc1ccc([N+](=O)[O-])cc1C. The molecular weight excluding hydrogens is 234 g/mol. The third-order valence-corrected chi connectivity index (χ3v) is 2.62. The summed E-state index contributed by atoms with van der Waals surface area (Å²) >= 11 is 0. The van der Waals surface area contributed by atoms with Gasteiger partial charge in [-0.25, -0.2) is 0 Å². The number of nitrogens with zero attached hydrogens (tertiary/aromatic N) is 1. The molecule has 0 fully saturated rings. The summed E-state index contributed by atoms with van der Waals surface area (Å²) in [6.45, 7) is 4.05. The molecule has 0 saturated heterocycles. The van der Waals surface area contributed by atoms with Crippen molar-refractivity contribution in [3.8, 4) is 5.75 Å². The Labute approximate surface area is 106 Å². The van der Waals surface area contributed by atoms with E-state index in [1.54, 1.807) is 13.0 Å². The number of carbonyl (C=O) groups excluding carboxylic acids is 1. The zero-order valence-corrected chi connectivity index (χ0v) is 10.6. The number of ketones is 1. The van der Waals surface area contributed by atoms with Crippen molar-refractivity contribution in [2.75, 3.05) is 6.61 Å². The lowest BCUT2D eigenvalue weighted by Crippen LogP contribution is -2.03. The molecule has 0 saturated carbocycles. The van der Waals surface area contributed by atoms with Crippen molar-refractivity contribution in [2.45, 2.75) is 33.1 Å². The molecule has 0 radical (unpaired) electrons. The minimum atomic E-state index is -0.434. The van der Waals surface area contributed by atoms with E-state index in [4.69, 9.17) is 4.74 Å². The van der Waals surface area contributed by atoms with Gasteiger partial charge < -0.3 is 4.74 Å². The summed E-state index contributed by atoms with van der Waals surface area (Å²) < 4.78 is 5.49. The summed E-state index contributed by atoms with van der Waals surface area (Å²) in [5, 5.41) is 10.6. The van der Waals surface area contributed by atoms with Crippen molar-refractivity contribution in [2.24, 2.45) is 0 Å². The first kappa shape index (κ1) is 14.2. The predicted octanol–water partition coefficient (Wildman–Crippen LogP) is 3.04. The van der Waals surface area contributed by atoms with Crippen LogP contribution < -0.4 is 4.74 Å². The third-order valence-electron chi connectivity index (χ3n) is 2.62. The molecule has 0 unspecified atom stereocenters. The highest BCUT2D eigenvalue weighted by Crippen LogP contribution is 2.23. The van der Waals surface area contributed by atoms with Crippen LogP contribution in [0.15, 0.2) is 18.2 Å². The Balaban J connectivity index is 2.48. The number of rotatable bonds is 7. The summed E-state index contributed by atoms with van der Waals surface area (Å²) in [5.41, 5.74) is 0.784. The lowest BCUT2D eigenvalue weighted by atomic mass is 10.2. The van der Waals surface area contributed by atoms with Crippen molar-refractivity contribution < 1.29 is 14.5 Å². The van der Waals surface area contributed by atoms with Gasteiger partial charge in [-0.05, 0) is 25.0 Å². The summed E-state index contributed by atoms with van der Waals surface area (Å²) in [7, 11) is 0. The average molecular weight is 251 g/mol. The molecule has 0 aliphatic heterocycles. The standard InChI is InChI=1S/C13H17NO4/c1-3-12(15)5-4-8-18-13-7-6-11(14(16)17)9-10(13)2/h6-7,9H,3-5,8H2,1-2H3. The number of hydrogen-bond acceptors (Lipinski definition) is 4. The number of benzene rings is 1. The highest BCUT2D eigenvalue weighted by Gasteiger charge is 2.08. The van der Waals surface area contributed by atoms with E-state index in [0.29, 0.717) is 31.6 Å². The lowest BCUT2D eigenvalue weighted by molar-refractivity contribution is -0.384. The fourth-order valence-corrected chi connectivity index (χ4v) is 1.54. The highest BCUT2D eigenvalue weighted by atomic mass is 16.6. The van der Waals surface area contributed by atoms with E-state index >= 15 is 0 Å². The van der Waals surface area contributed by atoms with Crippen LogP contribution in [0.3, 0.4) is 0 Å². The molecule has 0 N–H and O–H groups in total. The monoisotopic (exact) mass is 251 g/mol. The number of aryl methyl sites for hydroxylation is 1. The van der Waals surface area contributed by atoms with E-state index in [9.17, 15) is 14.9 Å². The van der Waals surface area contributed by atoms with Gasteiger partial charge in [0.1, 0.15) is 11.5 Å². The minimum absolute atomic E-state index is 0.0565. The van der Waals surface area contributed by atoms with E-state index in [1.165, 1.54) is 12.1 Å². The Hall–Kier alpha value is -1.91. The molecule has 18 heavy (non-hydrogen) atoms. The quantitative estimate of drug-likeness (QED) is 0.424. The topological polar surface area (TPSA) is 69.4 Å². The van der Waals surface area contributed by atoms with Crippen LogP contribution in [0.4, 0.5) is 5.69 Å². The second-order valence-corrected chi connectivity index (χ2v) is 4.05. The van der Waals surface area contributed by atoms with Crippen LogP contribution in [0.1, 0.15) is 31.7 Å². The zero-order valence-electron chi connectivity index (χ0n) is 10.6. The fraction of sp³-hybridized carbons (Fsp3) is 0.462.